The molecule has 0 aliphatic rings. The summed E-state index contributed by atoms with van der Waals surface area (Å²) in [4.78, 5) is 28.2. The summed E-state index contributed by atoms with van der Waals surface area (Å²) in [5, 5.41) is 5.66. The minimum atomic E-state index is -0.223. The van der Waals surface area contributed by atoms with Crippen LogP contribution in [0.25, 0.3) is 6.08 Å². The number of nitrogens with zero attached hydrogens (tertiary/aromatic N) is 1. The number of nitrogens with one attached hydrogen (secondary N) is 2. The summed E-state index contributed by atoms with van der Waals surface area (Å²) in [6.07, 6.45) is 6.37. The molecule has 3 aromatic rings. The first-order chi connectivity index (χ1) is 13.6. The van der Waals surface area contributed by atoms with E-state index in [1.54, 1.807) is 30.5 Å². The van der Waals surface area contributed by atoms with E-state index < -0.39 is 0 Å². The van der Waals surface area contributed by atoms with Crippen LogP contribution in [-0.2, 0) is 11.3 Å². The Hall–Kier alpha value is -3.25. The Morgan fingerprint density at radius 2 is 1.86 bits per heavy atom. The lowest BCUT2D eigenvalue weighted by Crippen LogP contribution is -2.22. The van der Waals surface area contributed by atoms with Gasteiger partial charge >= 0.3 is 0 Å². The smallest absolute Gasteiger partial charge is 0.253 e. The van der Waals surface area contributed by atoms with Crippen molar-refractivity contribution in [3.05, 3.63) is 100 Å². The molecule has 0 saturated carbocycles. The number of hydrogen-bond acceptors (Lipinski definition) is 3. The summed E-state index contributed by atoms with van der Waals surface area (Å²) >= 11 is 3.38. The molecule has 0 radical (unpaired) electrons. The van der Waals surface area contributed by atoms with Gasteiger partial charge in [0.05, 0.1) is 5.56 Å². The van der Waals surface area contributed by atoms with E-state index in [9.17, 15) is 9.59 Å². The number of pyridine rings is 1. The molecule has 140 valence electrons. The van der Waals surface area contributed by atoms with E-state index in [2.05, 4.69) is 31.5 Å². The molecule has 6 heteroatoms. The fourth-order valence-corrected chi connectivity index (χ4v) is 2.73. The lowest BCUT2D eigenvalue weighted by molar-refractivity contribution is -0.111. The largest absolute Gasteiger partial charge is 0.348 e. The van der Waals surface area contributed by atoms with Crippen molar-refractivity contribution in [1.82, 2.24) is 10.3 Å². The Morgan fingerprint density at radius 3 is 2.61 bits per heavy atom. The van der Waals surface area contributed by atoms with Gasteiger partial charge in [-0.3, -0.25) is 14.6 Å². The summed E-state index contributed by atoms with van der Waals surface area (Å²) in [6, 6.07) is 18.4. The molecule has 2 aromatic carbocycles. The predicted molar refractivity (Wildman–Crippen MR) is 114 cm³/mol. The van der Waals surface area contributed by atoms with Crippen LogP contribution in [0.3, 0.4) is 0 Å². The summed E-state index contributed by atoms with van der Waals surface area (Å²) in [6.45, 7) is 0.353. The Balaban J connectivity index is 1.56. The molecule has 0 aliphatic heterocycles. The molecule has 0 unspecified atom stereocenters. The fourth-order valence-electron chi connectivity index (χ4n) is 2.47. The van der Waals surface area contributed by atoms with Crippen LogP contribution >= 0.6 is 15.9 Å². The van der Waals surface area contributed by atoms with Gasteiger partial charge in [0.1, 0.15) is 0 Å². The normalized spacial score (nSPS) is 10.6. The Labute approximate surface area is 171 Å². The number of carbonyl (C=O) groups excluding carboxylic acids is 2. The third kappa shape index (κ3) is 5.89. The Bertz CT molecular complexity index is 986. The van der Waals surface area contributed by atoms with Crippen LogP contribution in [0.5, 0.6) is 0 Å². The lowest BCUT2D eigenvalue weighted by Gasteiger charge is -2.08. The molecule has 1 aromatic heterocycles. The predicted octanol–water partition coefficient (Wildman–Crippen LogP) is 4.43. The molecule has 0 fully saturated rings. The maximum absolute atomic E-state index is 12.1. The highest BCUT2D eigenvalue weighted by Crippen LogP contribution is 2.13. The van der Waals surface area contributed by atoms with E-state index >= 15 is 0 Å². The van der Waals surface area contributed by atoms with Crippen molar-refractivity contribution in [2.24, 2.45) is 0 Å². The van der Waals surface area contributed by atoms with Gasteiger partial charge in [-0.15, -0.1) is 0 Å². The monoisotopic (exact) mass is 435 g/mol. The summed E-state index contributed by atoms with van der Waals surface area (Å²) in [7, 11) is 0. The zero-order chi connectivity index (χ0) is 19.8. The molecular formula is C22H18BrN3O2. The van der Waals surface area contributed by atoms with Crippen LogP contribution in [0.4, 0.5) is 5.69 Å². The SMILES string of the molecule is O=C(/C=C/c1ccc(Br)cc1)Nc1cccc(CNC(=O)c2cccnc2)c1. The van der Waals surface area contributed by atoms with E-state index in [0.29, 0.717) is 17.8 Å². The molecule has 0 saturated heterocycles. The van der Waals surface area contributed by atoms with Crippen molar-refractivity contribution >= 4 is 39.5 Å². The molecule has 5 nitrogen and oxygen atoms in total. The number of amides is 2. The molecule has 2 N–H and O–H groups in total. The van der Waals surface area contributed by atoms with Gasteiger partial charge in [-0.1, -0.05) is 40.2 Å². The molecule has 28 heavy (non-hydrogen) atoms. The van der Waals surface area contributed by atoms with E-state index in [4.69, 9.17) is 0 Å². The molecule has 0 aliphatic carbocycles. The molecule has 0 atom stereocenters. The second-order valence-electron chi connectivity index (χ2n) is 6.00. The molecule has 0 spiro atoms. The summed E-state index contributed by atoms with van der Waals surface area (Å²) in [5.74, 6) is -0.417. The molecule has 2 amide bonds. The molecule has 0 bridgehead atoms. The van der Waals surface area contributed by atoms with Gasteiger partial charge in [0.2, 0.25) is 5.91 Å². The van der Waals surface area contributed by atoms with Crippen molar-refractivity contribution < 1.29 is 9.59 Å². The molecule has 1 heterocycles. The van der Waals surface area contributed by atoms with E-state index in [1.807, 2.05) is 42.5 Å². The van der Waals surface area contributed by atoms with Gasteiger partial charge < -0.3 is 10.6 Å². The molecular weight excluding hydrogens is 418 g/mol. The highest BCUT2D eigenvalue weighted by molar-refractivity contribution is 9.10. The fraction of sp³-hybridized carbons (Fsp3) is 0.0455. The number of halogens is 1. The topological polar surface area (TPSA) is 71.1 Å². The minimum absolute atomic E-state index is 0.194. The van der Waals surface area contributed by atoms with Crippen LogP contribution < -0.4 is 10.6 Å². The maximum Gasteiger partial charge on any atom is 0.253 e. The van der Waals surface area contributed by atoms with Gasteiger partial charge in [0, 0.05) is 35.2 Å². The number of carbonyl (C=O) groups is 2. The first kappa shape index (κ1) is 19.5. The van der Waals surface area contributed by atoms with Crippen molar-refractivity contribution in [1.29, 1.82) is 0 Å². The minimum Gasteiger partial charge on any atom is -0.348 e. The Kier molecular flexibility index (Phi) is 6.70. The zero-order valence-electron chi connectivity index (χ0n) is 14.9. The van der Waals surface area contributed by atoms with Crippen molar-refractivity contribution in [2.45, 2.75) is 6.54 Å². The second-order valence-corrected chi connectivity index (χ2v) is 6.91. The highest BCUT2D eigenvalue weighted by Gasteiger charge is 2.05. The number of anilines is 1. The average Bonchev–Trinajstić information content (AvgIpc) is 2.72. The summed E-state index contributed by atoms with van der Waals surface area (Å²) < 4.78 is 0.988. The number of benzene rings is 2. The van der Waals surface area contributed by atoms with E-state index in [0.717, 1.165) is 15.6 Å². The number of aromatic nitrogens is 1. The Morgan fingerprint density at radius 1 is 1.04 bits per heavy atom. The van der Waals surface area contributed by atoms with Crippen LogP contribution in [0.1, 0.15) is 21.5 Å². The van der Waals surface area contributed by atoms with Gasteiger partial charge in [0.25, 0.3) is 5.91 Å². The average molecular weight is 436 g/mol. The highest BCUT2D eigenvalue weighted by atomic mass is 79.9. The molecule has 3 rings (SSSR count). The van der Waals surface area contributed by atoms with Crippen molar-refractivity contribution in [2.75, 3.05) is 5.32 Å². The third-order valence-electron chi connectivity index (χ3n) is 3.87. The van der Waals surface area contributed by atoms with Crippen LogP contribution in [-0.4, -0.2) is 16.8 Å². The van der Waals surface area contributed by atoms with E-state index in [-0.39, 0.29) is 11.8 Å². The lowest BCUT2D eigenvalue weighted by atomic mass is 10.2. The van der Waals surface area contributed by atoms with Crippen LogP contribution in [0, 0.1) is 0 Å². The first-order valence-electron chi connectivity index (χ1n) is 8.62. The second kappa shape index (κ2) is 9.62. The zero-order valence-corrected chi connectivity index (χ0v) is 16.5. The third-order valence-corrected chi connectivity index (χ3v) is 4.40. The van der Waals surface area contributed by atoms with Crippen molar-refractivity contribution in [3.8, 4) is 0 Å². The summed E-state index contributed by atoms with van der Waals surface area (Å²) in [5.41, 5.74) is 2.99. The van der Waals surface area contributed by atoms with Crippen molar-refractivity contribution in [3.63, 3.8) is 0 Å². The standard InChI is InChI=1S/C22H18BrN3O2/c23-19-9-6-16(7-10-19)8-11-21(27)26-20-5-1-3-17(13-20)14-25-22(28)18-4-2-12-24-15-18/h1-13,15H,14H2,(H,25,28)(H,26,27)/b11-8+. The number of hydrogen-bond donors (Lipinski definition) is 2. The van der Waals surface area contributed by atoms with Crippen LogP contribution in [0.2, 0.25) is 0 Å². The van der Waals surface area contributed by atoms with Crippen LogP contribution in [0.15, 0.2) is 83.6 Å². The quantitative estimate of drug-likeness (QED) is 0.562. The first-order valence-corrected chi connectivity index (χ1v) is 9.41. The van der Waals surface area contributed by atoms with Gasteiger partial charge in [-0.2, -0.15) is 0 Å². The van der Waals surface area contributed by atoms with Gasteiger partial charge in [-0.25, -0.2) is 0 Å². The maximum atomic E-state index is 12.1. The van der Waals surface area contributed by atoms with Gasteiger partial charge in [0.15, 0.2) is 0 Å². The van der Waals surface area contributed by atoms with E-state index in [1.165, 1.54) is 12.3 Å². The van der Waals surface area contributed by atoms with Gasteiger partial charge in [-0.05, 0) is 53.6 Å². The number of rotatable bonds is 6.